The highest BCUT2D eigenvalue weighted by molar-refractivity contribution is 5.58. The summed E-state index contributed by atoms with van der Waals surface area (Å²) in [7, 11) is 0. The van der Waals surface area contributed by atoms with Gasteiger partial charge in [-0.05, 0) is 68.0 Å². The van der Waals surface area contributed by atoms with Crippen molar-refractivity contribution in [1.29, 1.82) is 0 Å². The Hall–Kier alpha value is -1.90. The van der Waals surface area contributed by atoms with Crippen molar-refractivity contribution >= 4 is 11.6 Å². The van der Waals surface area contributed by atoms with Crippen molar-refractivity contribution < 1.29 is 0 Å². The maximum atomic E-state index is 4.47. The summed E-state index contributed by atoms with van der Waals surface area (Å²) in [5.41, 5.74) is 7.39. The van der Waals surface area contributed by atoms with Gasteiger partial charge in [0, 0.05) is 17.6 Å². The van der Waals surface area contributed by atoms with Crippen molar-refractivity contribution in [3.8, 4) is 0 Å². The molecule has 106 valence electrons. The molecule has 0 fully saturated rings. The van der Waals surface area contributed by atoms with E-state index in [1.165, 1.54) is 16.7 Å². The van der Waals surface area contributed by atoms with Crippen molar-refractivity contribution in [2.75, 3.05) is 5.32 Å². The number of nitrogens with zero attached hydrogens (tertiary/aromatic N) is 2. The van der Waals surface area contributed by atoms with Gasteiger partial charge in [-0.1, -0.05) is 13.8 Å². The van der Waals surface area contributed by atoms with Crippen LogP contribution in [0.25, 0.3) is 0 Å². The van der Waals surface area contributed by atoms with Gasteiger partial charge in [0.05, 0.1) is 0 Å². The summed E-state index contributed by atoms with van der Waals surface area (Å²) in [6.07, 6.45) is 3.99. The minimum Gasteiger partial charge on any atom is -0.324 e. The Kier molecular flexibility index (Phi) is 4.38. The van der Waals surface area contributed by atoms with Crippen LogP contribution in [0.4, 0.5) is 11.6 Å². The van der Waals surface area contributed by atoms with E-state index in [0.29, 0.717) is 5.95 Å². The van der Waals surface area contributed by atoms with Crippen LogP contribution in [0.15, 0.2) is 18.3 Å². The molecule has 3 nitrogen and oxygen atoms in total. The molecule has 2 rings (SSSR count). The van der Waals surface area contributed by atoms with E-state index < -0.39 is 0 Å². The molecule has 0 unspecified atom stereocenters. The van der Waals surface area contributed by atoms with Gasteiger partial charge in [-0.2, -0.15) is 0 Å². The number of benzene rings is 1. The first-order chi connectivity index (χ1) is 9.55. The van der Waals surface area contributed by atoms with Crippen molar-refractivity contribution in [3.63, 3.8) is 0 Å². The smallest absolute Gasteiger partial charge is 0.227 e. The average Bonchev–Trinajstić information content (AvgIpc) is 2.42. The van der Waals surface area contributed by atoms with Crippen LogP contribution in [0, 0.1) is 20.8 Å². The zero-order chi connectivity index (χ0) is 14.7. The summed E-state index contributed by atoms with van der Waals surface area (Å²) in [6, 6.07) is 4.39. The van der Waals surface area contributed by atoms with Crippen LogP contribution in [0.5, 0.6) is 0 Å². The van der Waals surface area contributed by atoms with E-state index >= 15 is 0 Å². The van der Waals surface area contributed by atoms with Gasteiger partial charge >= 0.3 is 0 Å². The van der Waals surface area contributed by atoms with E-state index in [0.717, 1.165) is 29.8 Å². The maximum absolute atomic E-state index is 4.47. The largest absolute Gasteiger partial charge is 0.324 e. The molecule has 0 atom stereocenters. The fraction of sp³-hybridized carbons (Fsp3) is 0.412. The molecular formula is C17H23N3. The first-order valence-corrected chi connectivity index (χ1v) is 7.24. The minimum absolute atomic E-state index is 0.666. The molecule has 0 aliphatic heterocycles. The van der Waals surface area contributed by atoms with E-state index in [9.17, 15) is 0 Å². The van der Waals surface area contributed by atoms with Crippen LogP contribution in [-0.2, 0) is 12.8 Å². The Bertz CT molecular complexity index is 618. The molecule has 0 amide bonds. The van der Waals surface area contributed by atoms with E-state index in [1.54, 1.807) is 0 Å². The van der Waals surface area contributed by atoms with Gasteiger partial charge in [-0.3, -0.25) is 0 Å². The van der Waals surface area contributed by atoms with Gasteiger partial charge in [-0.15, -0.1) is 0 Å². The van der Waals surface area contributed by atoms with E-state index in [2.05, 4.69) is 48.2 Å². The molecular weight excluding hydrogens is 246 g/mol. The van der Waals surface area contributed by atoms with Crippen LogP contribution in [0.3, 0.4) is 0 Å². The minimum atomic E-state index is 0.666. The molecule has 0 aliphatic carbocycles. The molecule has 0 spiro atoms. The van der Waals surface area contributed by atoms with Gasteiger partial charge in [0.1, 0.15) is 0 Å². The van der Waals surface area contributed by atoms with Gasteiger partial charge in [-0.25, -0.2) is 9.97 Å². The highest BCUT2D eigenvalue weighted by atomic mass is 15.1. The number of aryl methyl sites for hydroxylation is 4. The lowest BCUT2D eigenvalue weighted by molar-refractivity contribution is 1.02. The third-order valence-electron chi connectivity index (χ3n) is 3.78. The van der Waals surface area contributed by atoms with Gasteiger partial charge in [0.2, 0.25) is 5.95 Å². The Balaban J connectivity index is 2.33. The average molecular weight is 269 g/mol. The first-order valence-electron chi connectivity index (χ1n) is 7.24. The summed E-state index contributed by atoms with van der Waals surface area (Å²) in [6.45, 7) is 10.6. The predicted molar refractivity (Wildman–Crippen MR) is 84.7 cm³/mol. The summed E-state index contributed by atoms with van der Waals surface area (Å²) >= 11 is 0. The van der Waals surface area contributed by atoms with Crippen molar-refractivity contribution in [2.45, 2.75) is 47.5 Å². The number of aromatic nitrogens is 2. The van der Waals surface area contributed by atoms with Crippen LogP contribution in [-0.4, -0.2) is 9.97 Å². The number of hydrogen-bond acceptors (Lipinski definition) is 3. The normalized spacial score (nSPS) is 10.7. The summed E-state index contributed by atoms with van der Waals surface area (Å²) in [5, 5.41) is 3.32. The standard InChI is InChI=1S/C17H23N3/c1-6-14-9-15(8-11(3)16(14)7-2)20-17-18-10-12(4)13(5)19-17/h8-10H,6-7H2,1-5H3,(H,18,19,20). The third kappa shape index (κ3) is 2.98. The van der Waals surface area contributed by atoms with E-state index in [-0.39, 0.29) is 0 Å². The van der Waals surface area contributed by atoms with Crippen LogP contribution in [0.2, 0.25) is 0 Å². The molecule has 1 heterocycles. The Labute approximate surface area is 121 Å². The quantitative estimate of drug-likeness (QED) is 0.900. The third-order valence-corrected chi connectivity index (χ3v) is 3.78. The van der Waals surface area contributed by atoms with Crippen molar-refractivity contribution in [3.05, 3.63) is 46.3 Å². The van der Waals surface area contributed by atoms with E-state index in [4.69, 9.17) is 0 Å². The molecule has 0 saturated carbocycles. The molecule has 0 bridgehead atoms. The van der Waals surface area contributed by atoms with Crippen molar-refractivity contribution in [1.82, 2.24) is 9.97 Å². The summed E-state index contributed by atoms with van der Waals surface area (Å²) in [5.74, 6) is 0.666. The highest BCUT2D eigenvalue weighted by Gasteiger charge is 2.07. The van der Waals surface area contributed by atoms with Gasteiger partial charge in [0.15, 0.2) is 0 Å². The SMILES string of the molecule is CCc1cc(Nc2ncc(C)c(C)n2)cc(C)c1CC. The van der Waals surface area contributed by atoms with Gasteiger partial charge in [0.25, 0.3) is 0 Å². The molecule has 0 radical (unpaired) electrons. The van der Waals surface area contributed by atoms with E-state index in [1.807, 2.05) is 20.0 Å². The van der Waals surface area contributed by atoms with Crippen molar-refractivity contribution in [2.24, 2.45) is 0 Å². The second-order valence-corrected chi connectivity index (χ2v) is 5.22. The topological polar surface area (TPSA) is 37.8 Å². The number of rotatable bonds is 4. The lowest BCUT2D eigenvalue weighted by atomic mass is 9.97. The van der Waals surface area contributed by atoms with Gasteiger partial charge < -0.3 is 5.32 Å². The number of hydrogen-bond donors (Lipinski definition) is 1. The molecule has 2 aromatic rings. The van der Waals surface area contributed by atoms with Crippen LogP contribution < -0.4 is 5.32 Å². The molecule has 20 heavy (non-hydrogen) atoms. The predicted octanol–water partition coefficient (Wildman–Crippen LogP) is 4.27. The highest BCUT2D eigenvalue weighted by Crippen LogP contribution is 2.23. The Morgan fingerprint density at radius 1 is 1.00 bits per heavy atom. The second kappa shape index (κ2) is 6.04. The Morgan fingerprint density at radius 2 is 1.75 bits per heavy atom. The first kappa shape index (κ1) is 14.5. The van der Waals surface area contributed by atoms with Crippen LogP contribution in [0.1, 0.15) is 41.8 Å². The zero-order valence-corrected chi connectivity index (χ0v) is 13.0. The second-order valence-electron chi connectivity index (χ2n) is 5.22. The molecule has 0 aliphatic rings. The number of anilines is 2. The Morgan fingerprint density at radius 3 is 2.35 bits per heavy atom. The number of nitrogens with one attached hydrogen (secondary N) is 1. The monoisotopic (exact) mass is 269 g/mol. The summed E-state index contributed by atoms with van der Waals surface area (Å²) in [4.78, 5) is 8.81. The fourth-order valence-corrected chi connectivity index (χ4v) is 2.50. The molecule has 0 saturated heterocycles. The maximum Gasteiger partial charge on any atom is 0.227 e. The lowest BCUT2D eigenvalue weighted by Gasteiger charge is -2.14. The lowest BCUT2D eigenvalue weighted by Crippen LogP contribution is -2.02. The molecule has 1 aromatic carbocycles. The fourth-order valence-electron chi connectivity index (χ4n) is 2.50. The molecule has 1 N–H and O–H groups in total. The zero-order valence-electron chi connectivity index (χ0n) is 13.0. The molecule has 3 heteroatoms. The summed E-state index contributed by atoms with van der Waals surface area (Å²) < 4.78 is 0. The van der Waals surface area contributed by atoms with Crippen LogP contribution >= 0.6 is 0 Å². The molecule has 1 aromatic heterocycles.